The summed E-state index contributed by atoms with van der Waals surface area (Å²) < 4.78 is 3.71. The Hall–Kier alpha value is -1.32. The van der Waals surface area contributed by atoms with Crippen LogP contribution in [0.2, 0.25) is 0 Å². The van der Waals surface area contributed by atoms with Gasteiger partial charge >= 0.3 is 0 Å². The third kappa shape index (κ3) is 2.41. The topological polar surface area (TPSA) is 73.1 Å². The highest BCUT2D eigenvalue weighted by molar-refractivity contribution is 7.09. The van der Waals surface area contributed by atoms with Gasteiger partial charge < -0.3 is 5.73 Å². The average molecular weight is 170 g/mol. The molecule has 58 valence electrons. The Bertz CT molecular complexity index is 266. The number of terminal acetylenes is 1. The summed E-state index contributed by atoms with van der Waals surface area (Å²) in [5.74, 6) is 2.51. The highest BCUT2D eigenvalue weighted by atomic mass is 32.1. The van der Waals surface area contributed by atoms with Crippen LogP contribution >= 0.6 is 11.5 Å². The van der Waals surface area contributed by atoms with E-state index in [0.29, 0.717) is 5.13 Å². The maximum atomic E-state index is 5.24. The lowest BCUT2D eigenvalue weighted by molar-refractivity contribution is 0.234. The summed E-state index contributed by atoms with van der Waals surface area (Å²) in [6, 6.07) is 0. The first-order chi connectivity index (χ1) is 5.33. The predicted octanol–water partition coefficient (Wildman–Crippen LogP) is 0.0970. The standard InChI is InChI=1S/C5H6N4OS/c1-2-3-10-8-5-7-4(6)9-11-5/h1H,3H2,(H3,6,7,8,9). The van der Waals surface area contributed by atoms with E-state index in [1.54, 1.807) is 0 Å². The second-order valence-electron chi connectivity index (χ2n) is 1.55. The molecule has 3 N–H and O–H groups in total. The number of aromatic nitrogens is 2. The van der Waals surface area contributed by atoms with Crippen molar-refractivity contribution in [3.63, 3.8) is 0 Å². The molecule has 1 heterocycles. The van der Waals surface area contributed by atoms with Crippen LogP contribution in [0.15, 0.2) is 0 Å². The molecule has 0 radical (unpaired) electrons. The average Bonchev–Trinajstić information content (AvgIpc) is 2.37. The fourth-order valence-corrected chi connectivity index (χ4v) is 0.867. The van der Waals surface area contributed by atoms with Crippen LogP contribution in [0.5, 0.6) is 0 Å². The van der Waals surface area contributed by atoms with E-state index in [1.807, 2.05) is 0 Å². The van der Waals surface area contributed by atoms with Crippen molar-refractivity contribution in [2.75, 3.05) is 17.8 Å². The van der Waals surface area contributed by atoms with Gasteiger partial charge in [0.05, 0.1) is 0 Å². The lowest BCUT2D eigenvalue weighted by Crippen LogP contribution is -2.00. The molecule has 0 aliphatic carbocycles. The van der Waals surface area contributed by atoms with Crippen LogP contribution < -0.4 is 11.2 Å². The summed E-state index contributed by atoms with van der Waals surface area (Å²) in [6.45, 7) is 0.180. The Morgan fingerprint density at radius 2 is 2.64 bits per heavy atom. The second-order valence-corrected chi connectivity index (χ2v) is 2.30. The van der Waals surface area contributed by atoms with Gasteiger partial charge in [0.1, 0.15) is 6.61 Å². The molecule has 0 unspecified atom stereocenters. The zero-order valence-corrected chi connectivity index (χ0v) is 6.39. The fourth-order valence-electron chi connectivity index (χ4n) is 0.416. The Morgan fingerprint density at radius 3 is 3.18 bits per heavy atom. The molecule has 0 saturated heterocycles. The smallest absolute Gasteiger partial charge is 0.233 e. The van der Waals surface area contributed by atoms with Gasteiger partial charge in [0.15, 0.2) is 0 Å². The number of rotatable bonds is 3. The molecule has 0 bridgehead atoms. The molecule has 0 aliphatic rings. The molecular formula is C5H6N4OS. The zero-order valence-electron chi connectivity index (χ0n) is 5.57. The number of nitrogens with zero attached hydrogens (tertiary/aromatic N) is 2. The first-order valence-corrected chi connectivity index (χ1v) is 3.50. The second kappa shape index (κ2) is 3.75. The zero-order chi connectivity index (χ0) is 8.10. The van der Waals surface area contributed by atoms with E-state index in [1.165, 1.54) is 0 Å². The SMILES string of the molecule is C#CCONc1nc(N)ns1. The Morgan fingerprint density at radius 1 is 1.82 bits per heavy atom. The van der Waals surface area contributed by atoms with Crippen LogP contribution in [0.4, 0.5) is 11.1 Å². The van der Waals surface area contributed by atoms with Crippen molar-refractivity contribution < 1.29 is 4.84 Å². The molecule has 5 nitrogen and oxygen atoms in total. The van der Waals surface area contributed by atoms with Crippen molar-refractivity contribution in [1.82, 2.24) is 9.36 Å². The largest absolute Gasteiger partial charge is 0.367 e. The quantitative estimate of drug-likeness (QED) is 0.382. The summed E-state index contributed by atoms with van der Waals surface area (Å²) in [4.78, 5) is 8.51. The van der Waals surface area contributed by atoms with Crippen LogP contribution in [0.3, 0.4) is 0 Å². The van der Waals surface area contributed by atoms with Gasteiger partial charge in [-0.25, -0.2) is 5.48 Å². The van der Waals surface area contributed by atoms with E-state index in [-0.39, 0.29) is 12.6 Å². The van der Waals surface area contributed by atoms with Gasteiger partial charge in [-0.2, -0.15) is 9.36 Å². The van der Waals surface area contributed by atoms with Crippen molar-refractivity contribution in [2.45, 2.75) is 0 Å². The number of hydrogen-bond donors (Lipinski definition) is 2. The van der Waals surface area contributed by atoms with Crippen LogP contribution in [0.25, 0.3) is 0 Å². The molecule has 1 rings (SSSR count). The summed E-state index contributed by atoms with van der Waals surface area (Å²) >= 11 is 1.11. The lowest BCUT2D eigenvalue weighted by atomic mass is 10.8. The third-order valence-electron chi connectivity index (χ3n) is 0.757. The summed E-state index contributed by atoms with van der Waals surface area (Å²) in [5, 5.41) is 0.498. The monoisotopic (exact) mass is 170 g/mol. The number of anilines is 2. The summed E-state index contributed by atoms with van der Waals surface area (Å²) in [5.41, 5.74) is 7.72. The van der Waals surface area contributed by atoms with E-state index in [9.17, 15) is 0 Å². The minimum atomic E-state index is 0.180. The molecule has 1 aromatic rings. The van der Waals surface area contributed by atoms with Gasteiger partial charge in [0.2, 0.25) is 11.1 Å². The molecule has 0 aromatic carbocycles. The Balaban J connectivity index is 2.34. The maximum Gasteiger partial charge on any atom is 0.233 e. The molecule has 0 atom stereocenters. The molecule has 1 aromatic heterocycles. The number of nitrogens with one attached hydrogen (secondary N) is 1. The van der Waals surface area contributed by atoms with Crippen molar-refractivity contribution in [3.05, 3.63) is 0 Å². The normalized spacial score (nSPS) is 9.00. The van der Waals surface area contributed by atoms with Gasteiger partial charge in [-0.1, -0.05) is 5.92 Å². The fraction of sp³-hybridized carbons (Fsp3) is 0.200. The van der Waals surface area contributed by atoms with E-state index >= 15 is 0 Å². The first kappa shape index (κ1) is 7.78. The van der Waals surface area contributed by atoms with Crippen LogP contribution in [-0.2, 0) is 4.84 Å². The number of nitrogen functional groups attached to an aromatic ring is 1. The highest BCUT2D eigenvalue weighted by Gasteiger charge is 1.97. The number of nitrogens with two attached hydrogens (primary N) is 1. The van der Waals surface area contributed by atoms with Crippen molar-refractivity contribution >= 4 is 22.6 Å². The van der Waals surface area contributed by atoms with E-state index in [4.69, 9.17) is 17.0 Å². The van der Waals surface area contributed by atoms with Gasteiger partial charge in [-0.3, -0.25) is 4.84 Å². The van der Waals surface area contributed by atoms with Crippen LogP contribution in [-0.4, -0.2) is 16.0 Å². The van der Waals surface area contributed by atoms with E-state index in [2.05, 4.69) is 20.8 Å². The maximum absolute atomic E-state index is 5.24. The Labute approximate surface area is 67.7 Å². The summed E-state index contributed by atoms with van der Waals surface area (Å²) in [7, 11) is 0. The third-order valence-corrected chi connectivity index (χ3v) is 1.38. The van der Waals surface area contributed by atoms with Gasteiger partial charge in [-0.05, 0) is 0 Å². The predicted molar refractivity (Wildman–Crippen MR) is 42.7 cm³/mol. The van der Waals surface area contributed by atoms with Crippen molar-refractivity contribution in [2.24, 2.45) is 0 Å². The van der Waals surface area contributed by atoms with Crippen molar-refractivity contribution in [3.8, 4) is 12.3 Å². The Kier molecular flexibility index (Phi) is 2.66. The minimum absolute atomic E-state index is 0.180. The van der Waals surface area contributed by atoms with Gasteiger partial charge in [0.25, 0.3) is 0 Å². The first-order valence-electron chi connectivity index (χ1n) is 2.73. The number of hydrogen-bond acceptors (Lipinski definition) is 6. The van der Waals surface area contributed by atoms with Gasteiger partial charge in [0, 0.05) is 11.5 Å². The molecule has 0 fully saturated rings. The van der Waals surface area contributed by atoms with Gasteiger partial charge in [-0.15, -0.1) is 6.42 Å². The van der Waals surface area contributed by atoms with Crippen molar-refractivity contribution in [1.29, 1.82) is 0 Å². The molecule has 0 aliphatic heterocycles. The van der Waals surface area contributed by atoms with Crippen LogP contribution in [0.1, 0.15) is 0 Å². The molecule has 0 saturated carbocycles. The van der Waals surface area contributed by atoms with E-state index < -0.39 is 0 Å². The lowest BCUT2D eigenvalue weighted by Gasteiger charge is -1.95. The molecule has 0 spiro atoms. The molecule has 0 amide bonds. The summed E-state index contributed by atoms with van der Waals surface area (Å²) in [6.07, 6.45) is 4.93. The molecule has 11 heavy (non-hydrogen) atoms. The van der Waals surface area contributed by atoms with Crippen LogP contribution in [0, 0.1) is 12.3 Å². The van der Waals surface area contributed by atoms with E-state index in [0.717, 1.165) is 11.5 Å². The molecule has 6 heteroatoms. The molecular weight excluding hydrogens is 164 g/mol. The highest BCUT2D eigenvalue weighted by Crippen LogP contribution is 2.10. The minimum Gasteiger partial charge on any atom is -0.367 e.